The third-order valence-electron chi connectivity index (χ3n) is 2.88. The zero-order chi connectivity index (χ0) is 14.8. The number of hydrogen-bond donors (Lipinski definition) is 1. The number of methoxy groups -OCH3 is 1. The second-order valence-corrected chi connectivity index (χ2v) is 7.04. The second kappa shape index (κ2) is 5.82. The van der Waals surface area contributed by atoms with E-state index in [1.165, 1.54) is 34.1 Å². The molecule has 0 aliphatic heterocycles. The van der Waals surface area contributed by atoms with E-state index >= 15 is 0 Å². The molecule has 5 nitrogen and oxygen atoms in total. The summed E-state index contributed by atoms with van der Waals surface area (Å²) in [6, 6.07) is 8.24. The van der Waals surface area contributed by atoms with Gasteiger partial charge in [0.1, 0.15) is 5.75 Å². The molecular weight excluding hydrogens is 298 g/mol. The molecule has 20 heavy (non-hydrogen) atoms. The predicted molar refractivity (Wildman–Crippen MR) is 78.8 cm³/mol. The number of anilines is 1. The molecule has 0 bridgehead atoms. The number of hydrogen-bond acceptors (Lipinski definition) is 5. The fraction of sp³-hybridized carbons (Fsp3) is 0.231. The number of benzene rings is 1. The lowest BCUT2D eigenvalue weighted by Gasteiger charge is -2.18. The van der Waals surface area contributed by atoms with E-state index < -0.39 is 10.0 Å². The topological polar surface area (TPSA) is 66.8 Å². The molecule has 0 fully saturated rings. The molecule has 2 rings (SSSR count). The van der Waals surface area contributed by atoms with Gasteiger partial charge >= 0.3 is 0 Å². The van der Waals surface area contributed by atoms with Gasteiger partial charge < -0.3 is 9.84 Å². The maximum absolute atomic E-state index is 12.4. The van der Waals surface area contributed by atoms with Crippen LogP contribution in [0.4, 0.5) is 5.69 Å². The molecule has 0 aliphatic rings. The summed E-state index contributed by atoms with van der Waals surface area (Å²) in [4.78, 5) is 0.802. The van der Waals surface area contributed by atoms with Crippen molar-refractivity contribution in [2.75, 3.05) is 18.5 Å². The lowest BCUT2D eigenvalue weighted by molar-refractivity contribution is 0.285. The van der Waals surface area contributed by atoms with Crippen LogP contribution in [0.2, 0.25) is 0 Å². The minimum atomic E-state index is -3.61. The maximum Gasteiger partial charge on any atom is 0.264 e. The molecule has 1 aromatic heterocycles. The highest BCUT2D eigenvalue weighted by Gasteiger charge is 2.22. The number of rotatable bonds is 5. The minimum absolute atomic E-state index is 0.160. The molecule has 2 aromatic rings. The number of sulfonamides is 1. The molecule has 0 spiro atoms. The lowest BCUT2D eigenvalue weighted by atomic mass is 10.3. The van der Waals surface area contributed by atoms with Crippen molar-refractivity contribution in [2.45, 2.75) is 11.5 Å². The first-order chi connectivity index (χ1) is 9.48. The summed E-state index contributed by atoms with van der Waals surface area (Å²) in [5.74, 6) is 0.664. The lowest BCUT2D eigenvalue weighted by Crippen LogP contribution is -2.26. The van der Waals surface area contributed by atoms with Crippen LogP contribution in [-0.4, -0.2) is 27.7 Å². The Morgan fingerprint density at radius 2 is 1.95 bits per heavy atom. The van der Waals surface area contributed by atoms with Crippen molar-refractivity contribution in [3.63, 3.8) is 0 Å². The van der Waals surface area contributed by atoms with Crippen LogP contribution in [0.1, 0.15) is 4.88 Å². The highest BCUT2D eigenvalue weighted by molar-refractivity contribution is 7.93. The minimum Gasteiger partial charge on any atom is -0.497 e. The fourth-order valence-electron chi connectivity index (χ4n) is 1.67. The first-order valence-corrected chi connectivity index (χ1v) is 8.12. The van der Waals surface area contributed by atoms with Crippen molar-refractivity contribution in [3.8, 4) is 5.75 Å². The summed E-state index contributed by atoms with van der Waals surface area (Å²) >= 11 is 1.22. The van der Waals surface area contributed by atoms with Gasteiger partial charge in [0.2, 0.25) is 0 Å². The molecule has 0 aliphatic carbocycles. The maximum atomic E-state index is 12.4. The Balaban J connectivity index is 2.32. The van der Waals surface area contributed by atoms with Crippen LogP contribution in [0.5, 0.6) is 5.75 Å². The van der Waals surface area contributed by atoms with Crippen molar-refractivity contribution in [1.29, 1.82) is 0 Å². The van der Waals surface area contributed by atoms with Crippen molar-refractivity contribution < 1.29 is 18.3 Å². The zero-order valence-corrected chi connectivity index (χ0v) is 12.7. The van der Waals surface area contributed by atoms with Crippen LogP contribution in [0.25, 0.3) is 0 Å². The Morgan fingerprint density at radius 1 is 1.30 bits per heavy atom. The van der Waals surface area contributed by atoms with Crippen molar-refractivity contribution in [1.82, 2.24) is 0 Å². The van der Waals surface area contributed by atoms with E-state index in [0.717, 1.165) is 0 Å². The van der Waals surface area contributed by atoms with E-state index in [4.69, 9.17) is 9.84 Å². The number of thiophene rings is 1. The normalized spacial score (nSPS) is 11.3. The Hall–Kier alpha value is -1.57. The van der Waals surface area contributed by atoms with Gasteiger partial charge in [0.15, 0.2) is 0 Å². The van der Waals surface area contributed by atoms with Gasteiger partial charge in [-0.2, -0.15) is 0 Å². The summed E-state index contributed by atoms with van der Waals surface area (Å²) < 4.78 is 31.1. The molecule has 0 unspecified atom stereocenters. The molecule has 1 heterocycles. The average molecular weight is 313 g/mol. The van der Waals surface area contributed by atoms with Gasteiger partial charge in [-0.25, -0.2) is 8.42 Å². The molecule has 108 valence electrons. The van der Waals surface area contributed by atoms with E-state index in [2.05, 4.69) is 0 Å². The van der Waals surface area contributed by atoms with Crippen LogP contribution in [0.3, 0.4) is 0 Å². The van der Waals surface area contributed by atoms with Crippen molar-refractivity contribution >= 4 is 27.0 Å². The van der Waals surface area contributed by atoms with Gasteiger partial charge in [-0.05, 0) is 30.3 Å². The fourth-order valence-corrected chi connectivity index (χ4v) is 3.98. The third kappa shape index (κ3) is 2.79. The quantitative estimate of drug-likeness (QED) is 0.917. The van der Waals surface area contributed by atoms with Crippen LogP contribution in [0.15, 0.2) is 40.6 Å². The number of aliphatic hydroxyl groups is 1. The predicted octanol–water partition coefficient (Wildman–Crippen LogP) is 2.07. The van der Waals surface area contributed by atoms with Gasteiger partial charge in [0.05, 0.1) is 24.3 Å². The number of nitrogens with zero attached hydrogens (tertiary/aromatic N) is 1. The summed E-state index contributed by atoms with van der Waals surface area (Å²) in [6.07, 6.45) is 0. The molecule has 0 atom stereocenters. The molecule has 0 saturated carbocycles. The van der Waals surface area contributed by atoms with E-state index in [-0.39, 0.29) is 11.5 Å². The summed E-state index contributed by atoms with van der Waals surface area (Å²) in [7, 11) is -0.563. The number of ether oxygens (including phenoxy) is 1. The summed E-state index contributed by atoms with van der Waals surface area (Å²) in [6.45, 7) is -0.160. The van der Waals surface area contributed by atoms with Crippen LogP contribution < -0.4 is 9.04 Å². The first kappa shape index (κ1) is 14.8. The Morgan fingerprint density at radius 3 is 2.45 bits per heavy atom. The SMILES string of the molecule is COc1ccc(N(C)S(=O)(=O)c2csc(CO)c2)cc1. The smallest absolute Gasteiger partial charge is 0.264 e. The molecule has 1 N–H and O–H groups in total. The zero-order valence-electron chi connectivity index (χ0n) is 11.1. The monoisotopic (exact) mass is 313 g/mol. The van der Waals surface area contributed by atoms with Crippen LogP contribution >= 0.6 is 11.3 Å². The van der Waals surface area contributed by atoms with E-state index in [0.29, 0.717) is 16.3 Å². The first-order valence-electron chi connectivity index (χ1n) is 5.80. The van der Waals surface area contributed by atoms with Crippen molar-refractivity contribution in [2.24, 2.45) is 0 Å². The molecule has 0 amide bonds. The van der Waals surface area contributed by atoms with Crippen LogP contribution in [0, 0.1) is 0 Å². The molecular formula is C13H15NO4S2. The molecule has 0 radical (unpaired) electrons. The molecule has 0 saturated heterocycles. The Kier molecular flexibility index (Phi) is 4.32. The van der Waals surface area contributed by atoms with E-state index in [9.17, 15) is 8.42 Å². The van der Waals surface area contributed by atoms with Gasteiger partial charge in [0, 0.05) is 17.3 Å². The average Bonchev–Trinajstić information content (AvgIpc) is 2.96. The molecule has 1 aromatic carbocycles. The Bertz CT molecular complexity index is 677. The summed E-state index contributed by atoms with van der Waals surface area (Å²) in [5, 5.41) is 10.5. The Labute approximate surface area is 122 Å². The van der Waals surface area contributed by atoms with E-state index in [1.54, 1.807) is 31.4 Å². The van der Waals surface area contributed by atoms with Gasteiger partial charge in [-0.3, -0.25) is 4.31 Å². The summed E-state index contributed by atoms with van der Waals surface area (Å²) in [5.41, 5.74) is 0.544. The van der Waals surface area contributed by atoms with Gasteiger partial charge in [-0.15, -0.1) is 11.3 Å². The van der Waals surface area contributed by atoms with Gasteiger partial charge in [-0.1, -0.05) is 0 Å². The molecule has 7 heteroatoms. The second-order valence-electron chi connectivity index (χ2n) is 4.08. The number of aliphatic hydroxyl groups excluding tert-OH is 1. The van der Waals surface area contributed by atoms with Crippen molar-refractivity contribution in [3.05, 3.63) is 40.6 Å². The van der Waals surface area contributed by atoms with Crippen LogP contribution in [-0.2, 0) is 16.6 Å². The standard InChI is InChI=1S/C13H15NO4S2/c1-14(10-3-5-11(18-2)6-4-10)20(16,17)13-7-12(8-15)19-9-13/h3-7,9,15H,8H2,1-2H3. The third-order valence-corrected chi connectivity index (χ3v) is 5.71. The largest absolute Gasteiger partial charge is 0.497 e. The van der Waals surface area contributed by atoms with E-state index in [1.807, 2.05) is 0 Å². The highest BCUT2D eigenvalue weighted by atomic mass is 32.2. The van der Waals surface area contributed by atoms with Gasteiger partial charge in [0.25, 0.3) is 10.0 Å². The highest BCUT2D eigenvalue weighted by Crippen LogP contribution is 2.27.